The zero-order valence-corrected chi connectivity index (χ0v) is 8.92. The van der Waals surface area contributed by atoms with E-state index in [1.54, 1.807) is 12.1 Å². The molecule has 1 aromatic carbocycles. The highest BCUT2D eigenvalue weighted by atomic mass is 31.2. The van der Waals surface area contributed by atoms with E-state index in [0.29, 0.717) is 11.5 Å². The molecule has 0 spiro atoms. The largest absolute Gasteiger partial charge is 0.341 e. The van der Waals surface area contributed by atoms with Gasteiger partial charge in [-0.2, -0.15) is 0 Å². The van der Waals surface area contributed by atoms with Crippen LogP contribution in [0, 0.1) is 6.92 Å². The van der Waals surface area contributed by atoms with Crippen molar-refractivity contribution in [2.45, 2.75) is 20.3 Å². The number of aryl methyl sites for hydroxylation is 1. The van der Waals surface area contributed by atoms with Crippen molar-refractivity contribution < 1.29 is 9.46 Å². The maximum absolute atomic E-state index is 11.7. The minimum Gasteiger partial charge on any atom is -0.341 e. The fourth-order valence-electron chi connectivity index (χ4n) is 1.28. The number of rotatable bonds is 3. The van der Waals surface area contributed by atoms with E-state index in [9.17, 15) is 9.46 Å². The molecule has 0 saturated heterocycles. The van der Waals surface area contributed by atoms with Crippen LogP contribution in [0.2, 0.25) is 0 Å². The maximum atomic E-state index is 11.7. The van der Waals surface area contributed by atoms with Gasteiger partial charge in [0, 0.05) is 11.5 Å². The number of benzene rings is 1. The summed E-state index contributed by atoms with van der Waals surface area (Å²) in [4.78, 5) is 9.67. The molecule has 0 amide bonds. The van der Waals surface area contributed by atoms with Crippen molar-refractivity contribution in [3.63, 3.8) is 0 Å². The Kier molecular flexibility index (Phi) is 3.29. The molecule has 1 atom stereocenters. The lowest BCUT2D eigenvalue weighted by atomic mass is 10.2. The van der Waals surface area contributed by atoms with Crippen molar-refractivity contribution in [1.29, 1.82) is 0 Å². The molecule has 1 N–H and O–H groups in total. The van der Waals surface area contributed by atoms with E-state index < -0.39 is 7.37 Å². The fraction of sp³-hybridized carbons (Fsp3) is 0.400. The molecular weight excluding hydrogens is 183 g/mol. The van der Waals surface area contributed by atoms with Gasteiger partial charge in [0.2, 0.25) is 7.37 Å². The zero-order chi connectivity index (χ0) is 9.90. The van der Waals surface area contributed by atoms with Crippen LogP contribution in [-0.2, 0) is 4.57 Å². The lowest BCUT2D eigenvalue weighted by molar-refractivity contribution is 0.489. The Bertz CT molecular complexity index is 333. The molecule has 0 fully saturated rings. The minimum atomic E-state index is -3.07. The van der Waals surface area contributed by atoms with Crippen molar-refractivity contribution in [2.24, 2.45) is 0 Å². The average Bonchev–Trinajstić information content (AvgIpc) is 2.04. The van der Waals surface area contributed by atoms with Crippen molar-refractivity contribution >= 4 is 12.7 Å². The van der Waals surface area contributed by atoms with Crippen LogP contribution in [-0.4, -0.2) is 11.1 Å². The number of hydrogen-bond acceptors (Lipinski definition) is 1. The van der Waals surface area contributed by atoms with Crippen LogP contribution in [0.1, 0.15) is 18.9 Å². The zero-order valence-electron chi connectivity index (χ0n) is 8.03. The first kappa shape index (κ1) is 10.5. The van der Waals surface area contributed by atoms with Crippen LogP contribution in [0.3, 0.4) is 0 Å². The van der Waals surface area contributed by atoms with Crippen molar-refractivity contribution in [1.82, 2.24) is 0 Å². The molecule has 0 saturated carbocycles. The maximum Gasteiger partial charge on any atom is 0.229 e. The first-order valence-corrected chi connectivity index (χ1v) is 6.30. The van der Waals surface area contributed by atoms with Crippen LogP contribution < -0.4 is 5.30 Å². The van der Waals surface area contributed by atoms with Gasteiger partial charge in [0.25, 0.3) is 0 Å². The van der Waals surface area contributed by atoms with Gasteiger partial charge in [0.15, 0.2) is 0 Å². The molecule has 72 valence electrons. The van der Waals surface area contributed by atoms with Crippen LogP contribution in [0.5, 0.6) is 0 Å². The topological polar surface area (TPSA) is 37.3 Å². The monoisotopic (exact) mass is 198 g/mol. The van der Waals surface area contributed by atoms with Crippen molar-refractivity contribution in [3.05, 3.63) is 29.8 Å². The van der Waals surface area contributed by atoms with Gasteiger partial charge in [-0.3, -0.25) is 4.57 Å². The van der Waals surface area contributed by atoms with Gasteiger partial charge in [-0.15, -0.1) is 0 Å². The lowest BCUT2D eigenvalue weighted by Crippen LogP contribution is -2.06. The second-order valence-electron chi connectivity index (χ2n) is 3.26. The molecule has 0 radical (unpaired) electrons. The molecule has 0 bridgehead atoms. The van der Waals surface area contributed by atoms with E-state index in [-0.39, 0.29) is 0 Å². The average molecular weight is 198 g/mol. The molecule has 0 aliphatic heterocycles. The van der Waals surface area contributed by atoms with E-state index in [2.05, 4.69) is 0 Å². The predicted octanol–water partition coefficient (Wildman–Crippen LogP) is 2.30. The second-order valence-corrected chi connectivity index (χ2v) is 5.63. The summed E-state index contributed by atoms with van der Waals surface area (Å²) >= 11 is 0. The van der Waals surface area contributed by atoms with Crippen LogP contribution in [0.15, 0.2) is 24.3 Å². The van der Waals surface area contributed by atoms with Gasteiger partial charge < -0.3 is 4.89 Å². The van der Waals surface area contributed by atoms with Crippen LogP contribution in [0.4, 0.5) is 0 Å². The Morgan fingerprint density at radius 2 is 2.15 bits per heavy atom. The Morgan fingerprint density at radius 3 is 2.69 bits per heavy atom. The third kappa shape index (κ3) is 2.68. The van der Waals surface area contributed by atoms with Crippen LogP contribution >= 0.6 is 7.37 Å². The molecule has 0 aromatic heterocycles. The SMILES string of the molecule is CCCP(=O)(O)c1cccc(C)c1. The third-order valence-electron chi connectivity index (χ3n) is 1.93. The summed E-state index contributed by atoms with van der Waals surface area (Å²) in [7, 11) is -3.07. The quantitative estimate of drug-likeness (QED) is 0.756. The molecule has 1 unspecified atom stereocenters. The highest BCUT2D eigenvalue weighted by Gasteiger charge is 2.19. The van der Waals surface area contributed by atoms with E-state index in [1.165, 1.54) is 0 Å². The second kappa shape index (κ2) is 4.08. The van der Waals surface area contributed by atoms with Gasteiger partial charge in [-0.25, -0.2) is 0 Å². The normalized spacial score (nSPS) is 15.3. The van der Waals surface area contributed by atoms with Gasteiger partial charge in [0.1, 0.15) is 0 Å². The van der Waals surface area contributed by atoms with E-state index in [4.69, 9.17) is 0 Å². The number of hydrogen-bond donors (Lipinski definition) is 1. The molecule has 3 heteroatoms. The highest BCUT2D eigenvalue weighted by molar-refractivity contribution is 7.66. The Labute approximate surface area is 79.1 Å². The molecule has 1 aromatic rings. The Morgan fingerprint density at radius 1 is 1.46 bits per heavy atom. The summed E-state index contributed by atoms with van der Waals surface area (Å²) in [5, 5.41) is 0.578. The lowest BCUT2D eigenvalue weighted by Gasteiger charge is -2.10. The van der Waals surface area contributed by atoms with E-state index >= 15 is 0 Å². The molecule has 0 aliphatic carbocycles. The first-order valence-electron chi connectivity index (χ1n) is 4.45. The van der Waals surface area contributed by atoms with E-state index in [0.717, 1.165) is 12.0 Å². The van der Waals surface area contributed by atoms with Gasteiger partial charge in [0.05, 0.1) is 0 Å². The van der Waals surface area contributed by atoms with Crippen molar-refractivity contribution in [2.75, 3.05) is 6.16 Å². The minimum absolute atomic E-state index is 0.371. The van der Waals surface area contributed by atoms with Gasteiger partial charge in [-0.1, -0.05) is 24.6 Å². The predicted molar refractivity (Wildman–Crippen MR) is 55.8 cm³/mol. The fourth-order valence-corrected chi connectivity index (χ4v) is 2.87. The van der Waals surface area contributed by atoms with Crippen molar-refractivity contribution in [3.8, 4) is 0 Å². The Balaban J connectivity index is 3.00. The molecule has 0 heterocycles. The molecule has 1 rings (SSSR count). The summed E-state index contributed by atoms with van der Waals surface area (Å²) in [6.07, 6.45) is 1.11. The first-order chi connectivity index (χ1) is 6.06. The molecular formula is C10H15O2P. The highest BCUT2D eigenvalue weighted by Crippen LogP contribution is 2.39. The summed E-state index contributed by atoms with van der Waals surface area (Å²) in [5.41, 5.74) is 1.03. The third-order valence-corrected chi connectivity index (χ3v) is 4.07. The summed E-state index contributed by atoms with van der Waals surface area (Å²) in [5.74, 6) is 0. The van der Waals surface area contributed by atoms with Gasteiger partial charge in [-0.05, 0) is 25.5 Å². The van der Waals surface area contributed by atoms with Gasteiger partial charge >= 0.3 is 0 Å². The smallest absolute Gasteiger partial charge is 0.229 e. The van der Waals surface area contributed by atoms with Crippen LogP contribution in [0.25, 0.3) is 0 Å². The molecule has 0 aliphatic rings. The summed E-state index contributed by atoms with van der Waals surface area (Å²) in [6, 6.07) is 7.26. The Hall–Kier alpha value is -0.590. The summed E-state index contributed by atoms with van der Waals surface area (Å²) < 4.78 is 11.7. The standard InChI is InChI=1S/C10H15O2P/c1-3-7-13(11,12)10-6-4-5-9(2)8-10/h4-6,8H,3,7H2,1-2H3,(H,11,12). The van der Waals surface area contributed by atoms with E-state index in [1.807, 2.05) is 26.0 Å². The molecule has 2 nitrogen and oxygen atoms in total. The summed E-state index contributed by atoms with van der Waals surface area (Å²) in [6.45, 7) is 3.84. The molecule has 13 heavy (non-hydrogen) atoms.